The fraction of sp³-hybridized carbons (Fsp3) is 0.500. The van der Waals surface area contributed by atoms with E-state index in [1.165, 1.54) is 26.2 Å². The second kappa shape index (κ2) is 9.45. The minimum atomic E-state index is -1.12. The van der Waals surface area contributed by atoms with Crippen LogP contribution in [-0.2, 0) is 9.53 Å². The predicted octanol–water partition coefficient (Wildman–Crippen LogP) is 2.62. The zero-order valence-corrected chi connectivity index (χ0v) is 16.3. The average Bonchev–Trinajstić information content (AvgIpc) is 3.07. The van der Waals surface area contributed by atoms with Gasteiger partial charge in [0, 0.05) is 13.1 Å². The van der Waals surface area contributed by atoms with Crippen LogP contribution in [0.1, 0.15) is 37.0 Å². The molecule has 0 bridgehead atoms. The molecule has 0 radical (unpaired) electrons. The van der Waals surface area contributed by atoms with Crippen LogP contribution in [-0.4, -0.2) is 55.7 Å². The molecule has 1 aliphatic heterocycles. The molecule has 27 heavy (non-hydrogen) atoms. The molecule has 1 aromatic carbocycles. The van der Waals surface area contributed by atoms with Crippen molar-refractivity contribution in [1.29, 1.82) is 0 Å². The first-order valence-corrected chi connectivity index (χ1v) is 9.07. The Bertz CT molecular complexity index is 724. The van der Waals surface area contributed by atoms with Crippen molar-refractivity contribution >= 4 is 29.5 Å². The molecule has 3 amide bonds. The van der Waals surface area contributed by atoms with Gasteiger partial charge in [0.1, 0.15) is 0 Å². The fourth-order valence-electron chi connectivity index (χ4n) is 2.48. The Morgan fingerprint density at radius 3 is 2.70 bits per heavy atom. The number of urea groups is 1. The summed E-state index contributed by atoms with van der Waals surface area (Å²) in [6, 6.07) is 2.34. The lowest BCUT2D eigenvalue weighted by molar-refractivity contribution is -0.136. The van der Waals surface area contributed by atoms with Crippen molar-refractivity contribution in [1.82, 2.24) is 10.2 Å². The summed E-state index contributed by atoms with van der Waals surface area (Å²) in [5.41, 5.74) is 0.116. The maximum atomic E-state index is 12.4. The number of methoxy groups -OCH3 is 1. The maximum Gasteiger partial charge on any atom is 0.339 e. The summed E-state index contributed by atoms with van der Waals surface area (Å²) in [5, 5.41) is 2.72. The van der Waals surface area contributed by atoms with Gasteiger partial charge in [0.05, 0.1) is 24.3 Å². The molecule has 9 heteroatoms. The van der Waals surface area contributed by atoms with Crippen molar-refractivity contribution in [3.63, 3.8) is 0 Å². The van der Waals surface area contributed by atoms with Gasteiger partial charge in [0.2, 0.25) is 0 Å². The number of esters is 1. The molecule has 0 aromatic heterocycles. The van der Waals surface area contributed by atoms with E-state index < -0.39 is 24.0 Å². The normalized spacial score (nSPS) is 14.5. The summed E-state index contributed by atoms with van der Waals surface area (Å²) in [6.07, 6.45) is 0.699. The van der Waals surface area contributed by atoms with Crippen LogP contribution in [0.25, 0.3) is 0 Å². The largest absolute Gasteiger partial charge is 0.493 e. The van der Waals surface area contributed by atoms with Crippen molar-refractivity contribution in [2.75, 3.05) is 26.8 Å². The van der Waals surface area contributed by atoms with Gasteiger partial charge in [-0.3, -0.25) is 9.69 Å². The number of imide groups is 1. The van der Waals surface area contributed by atoms with Crippen LogP contribution >= 0.6 is 11.6 Å². The lowest BCUT2D eigenvalue weighted by atomic mass is 10.2. The molecular formula is C18H23ClN2O6. The molecule has 1 fully saturated rings. The van der Waals surface area contributed by atoms with Gasteiger partial charge in [-0.05, 0) is 25.5 Å². The number of carbonyl (C=O) groups excluding carboxylic acids is 3. The highest BCUT2D eigenvalue weighted by Gasteiger charge is 2.32. The number of nitrogens with one attached hydrogen (secondary N) is 1. The van der Waals surface area contributed by atoms with Gasteiger partial charge in [0.15, 0.2) is 17.6 Å². The lowest BCUT2D eigenvalue weighted by Gasteiger charge is -2.19. The fourth-order valence-corrected chi connectivity index (χ4v) is 2.74. The molecule has 0 spiro atoms. The molecular weight excluding hydrogens is 376 g/mol. The molecule has 1 heterocycles. The Labute approximate surface area is 162 Å². The van der Waals surface area contributed by atoms with Gasteiger partial charge >= 0.3 is 12.0 Å². The van der Waals surface area contributed by atoms with Gasteiger partial charge < -0.3 is 19.5 Å². The minimum absolute atomic E-state index is 0.116. The van der Waals surface area contributed by atoms with Crippen LogP contribution in [0, 0.1) is 0 Å². The first-order valence-electron chi connectivity index (χ1n) is 8.69. The maximum absolute atomic E-state index is 12.4. The number of carbonyl (C=O) groups is 3. The summed E-state index contributed by atoms with van der Waals surface area (Å²) < 4.78 is 16.1. The van der Waals surface area contributed by atoms with Gasteiger partial charge in [-0.15, -0.1) is 0 Å². The van der Waals surface area contributed by atoms with Gasteiger partial charge in [0.25, 0.3) is 5.91 Å². The molecule has 1 aliphatic rings. The highest BCUT2D eigenvalue weighted by atomic mass is 35.5. The SMILES string of the molecule is CCCCOc1c(Cl)cc(C(=O)O[C@H](C)C(=O)N2CCNC2=O)cc1OC. The van der Waals surface area contributed by atoms with E-state index in [0.717, 1.165) is 17.7 Å². The van der Waals surface area contributed by atoms with Crippen LogP contribution in [0.4, 0.5) is 4.79 Å². The summed E-state index contributed by atoms with van der Waals surface area (Å²) in [7, 11) is 1.44. The van der Waals surface area contributed by atoms with E-state index in [2.05, 4.69) is 5.32 Å². The molecule has 0 aliphatic carbocycles. The number of halogens is 1. The third-order valence-electron chi connectivity index (χ3n) is 3.96. The third kappa shape index (κ3) is 5.03. The first kappa shape index (κ1) is 20.8. The van der Waals surface area contributed by atoms with E-state index in [1.807, 2.05) is 6.92 Å². The zero-order chi connectivity index (χ0) is 20.0. The van der Waals surface area contributed by atoms with E-state index >= 15 is 0 Å². The van der Waals surface area contributed by atoms with Crippen molar-refractivity contribution in [2.24, 2.45) is 0 Å². The average molecular weight is 399 g/mol. The highest BCUT2D eigenvalue weighted by molar-refractivity contribution is 6.32. The third-order valence-corrected chi connectivity index (χ3v) is 4.24. The van der Waals surface area contributed by atoms with E-state index in [0.29, 0.717) is 24.7 Å². The Hall–Kier alpha value is -2.48. The van der Waals surface area contributed by atoms with Crippen molar-refractivity contribution in [3.05, 3.63) is 22.7 Å². The number of rotatable bonds is 8. The predicted molar refractivity (Wildman–Crippen MR) is 98.4 cm³/mol. The number of unbranched alkanes of at least 4 members (excludes halogenated alkanes) is 1. The van der Waals surface area contributed by atoms with E-state index in [1.54, 1.807) is 0 Å². The Morgan fingerprint density at radius 2 is 2.11 bits per heavy atom. The number of hydrogen-bond donors (Lipinski definition) is 1. The Balaban J connectivity index is 2.10. The van der Waals surface area contributed by atoms with E-state index in [4.69, 9.17) is 25.8 Å². The molecule has 1 atom stereocenters. The molecule has 8 nitrogen and oxygen atoms in total. The molecule has 0 unspecified atom stereocenters. The summed E-state index contributed by atoms with van der Waals surface area (Å²) in [4.78, 5) is 37.2. The molecule has 0 saturated carbocycles. The van der Waals surface area contributed by atoms with Crippen LogP contribution < -0.4 is 14.8 Å². The van der Waals surface area contributed by atoms with Crippen molar-refractivity contribution in [3.8, 4) is 11.5 Å². The van der Waals surface area contributed by atoms with Crippen LogP contribution in [0.15, 0.2) is 12.1 Å². The smallest absolute Gasteiger partial charge is 0.339 e. The van der Waals surface area contributed by atoms with Crippen LogP contribution in [0.2, 0.25) is 5.02 Å². The minimum Gasteiger partial charge on any atom is -0.493 e. The Morgan fingerprint density at radius 1 is 1.37 bits per heavy atom. The van der Waals surface area contributed by atoms with Crippen LogP contribution in [0.3, 0.4) is 0 Å². The zero-order valence-electron chi connectivity index (χ0n) is 15.5. The lowest BCUT2D eigenvalue weighted by Crippen LogP contribution is -2.41. The number of benzene rings is 1. The second-order valence-electron chi connectivity index (χ2n) is 5.96. The van der Waals surface area contributed by atoms with Gasteiger partial charge in [-0.1, -0.05) is 24.9 Å². The number of ether oxygens (including phenoxy) is 3. The summed E-state index contributed by atoms with van der Waals surface area (Å²) >= 11 is 6.22. The quantitative estimate of drug-likeness (QED) is 0.534. The second-order valence-corrected chi connectivity index (χ2v) is 6.37. The van der Waals surface area contributed by atoms with E-state index in [-0.39, 0.29) is 17.1 Å². The summed E-state index contributed by atoms with van der Waals surface area (Å²) in [6.45, 7) is 4.53. The van der Waals surface area contributed by atoms with Crippen molar-refractivity contribution in [2.45, 2.75) is 32.8 Å². The standard InChI is InChI=1S/C18H23ClN2O6/c1-4-5-8-26-15-13(19)9-12(10-14(15)25-3)17(23)27-11(2)16(22)21-7-6-20-18(21)24/h9-11H,4-8H2,1-3H3,(H,20,24)/t11-/m1/s1. The summed E-state index contributed by atoms with van der Waals surface area (Å²) in [5.74, 6) is -0.697. The highest BCUT2D eigenvalue weighted by Crippen LogP contribution is 2.36. The molecule has 148 valence electrons. The number of hydrogen-bond acceptors (Lipinski definition) is 6. The van der Waals surface area contributed by atoms with Gasteiger partial charge in [-0.25, -0.2) is 9.59 Å². The number of nitrogens with zero attached hydrogens (tertiary/aromatic N) is 1. The van der Waals surface area contributed by atoms with Crippen LogP contribution in [0.5, 0.6) is 11.5 Å². The number of amides is 3. The monoisotopic (exact) mass is 398 g/mol. The molecule has 1 saturated heterocycles. The van der Waals surface area contributed by atoms with Crippen molar-refractivity contribution < 1.29 is 28.6 Å². The molecule has 1 N–H and O–H groups in total. The first-order chi connectivity index (χ1) is 12.9. The van der Waals surface area contributed by atoms with E-state index in [9.17, 15) is 14.4 Å². The Kier molecular flexibility index (Phi) is 7.29. The van der Waals surface area contributed by atoms with Gasteiger partial charge in [-0.2, -0.15) is 0 Å². The topological polar surface area (TPSA) is 94.2 Å². The molecule has 2 rings (SSSR count). The molecule has 1 aromatic rings.